The normalized spacial score (nSPS) is 19.2. The summed E-state index contributed by atoms with van der Waals surface area (Å²) in [5.74, 6) is 1.03. The van der Waals surface area contributed by atoms with Crippen molar-refractivity contribution in [3.05, 3.63) is 70.0 Å². The number of thioether (sulfide) groups is 1. The van der Waals surface area contributed by atoms with Crippen molar-refractivity contribution < 1.29 is 4.79 Å². The van der Waals surface area contributed by atoms with Crippen LogP contribution in [0.25, 0.3) is 5.69 Å². The minimum Gasteiger partial charge on any atom is -0.329 e. The van der Waals surface area contributed by atoms with Gasteiger partial charge in [0.1, 0.15) is 11.5 Å². The van der Waals surface area contributed by atoms with Crippen LogP contribution in [-0.4, -0.2) is 37.7 Å². The third-order valence-electron chi connectivity index (χ3n) is 4.32. The molecule has 29 heavy (non-hydrogen) atoms. The molecule has 2 heterocycles. The summed E-state index contributed by atoms with van der Waals surface area (Å²) in [5, 5.41) is 15.7. The average molecular weight is 450 g/mol. The van der Waals surface area contributed by atoms with Crippen LogP contribution in [0.2, 0.25) is 10.0 Å². The van der Waals surface area contributed by atoms with Crippen molar-refractivity contribution in [3.63, 3.8) is 0 Å². The zero-order valence-electron chi connectivity index (χ0n) is 15.0. The molecule has 3 N–H and O–H groups in total. The maximum Gasteiger partial charge on any atom is 0.240 e. The van der Waals surface area contributed by atoms with Gasteiger partial charge >= 0.3 is 0 Å². The summed E-state index contributed by atoms with van der Waals surface area (Å²) in [4.78, 5) is 12.4. The summed E-state index contributed by atoms with van der Waals surface area (Å²) >= 11 is 13.5. The van der Waals surface area contributed by atoms with E-state index in [1.807, 2.05) is 30.3 Å². The number of hydrogen-bond donors (Lipinski definition) is 3. The highest BCUT2D eigenvalue weighted by Gasteiger charge is 2.27. The van der Waals surface area contributed by atoms with E-state index in [0.717, 1.165) is 5.56 Å². The van der Waals surface area contributed by atoms with Gasteiger partial charge in [0.25, 0.3) is 0 Å². The predicted octanol–water partition coefficient (Wildman–Crippen LogP) is 2.32. The largest absolute Gasteiger partial charge is 0.329 e. The molecule has 1 aromatic heterocycles. The number of carbonyl (C=O) groups excluding carboxylic acids is 1. The van der Waals surface area contributed by atoms with Crippen LogP contribution in [0.4, 0.5) is 0 Å². The second kappa shape index (κ2) is 9.10. The number of tetrazole rings is 1. The predicted molar refractivity (Wildman–Crippen MR) is 113 cm³/mol. The van der Waals surface area contributed by atoms with E-state index in [2.05, 4.69) is 31.7 Å². The number of benzene rings is 2. The van der Waals surface area contributed by atoms with Gasteiger partial charge in [0.2, 0.25) is 5.91 Å². The molecular weight excluding hydrogens is 433 g/mol. The minimum absolute atomic E-state index is 0.0609. The van der Waals surface area contributed by atoms with Crippen LogP contribution < -0.4 is 16.2 Å². The highest BCUT2D eigenvalue weighted by molar-refractivity contribution is 7.99. The van der Waals surface area contributed by atoms with Crippen LogP contribution in [0.15, 0.2) is 48.5 Å². The molecule has 1 amide bonds. The Labute approximate surface area is 181 Å². The number of rotatable bonds is 6. The van der Waals surface area contributed by atoms with E-state index in [9.17, 15) is 4.79 Å². The number of carbonyl (C=O) groups is 1. The van der Waals surface area contributed by atoms with E-state index in [4.69, 9.17) is 23.2 Å². The molecule has 2 aromatic carbocycles. The molecule has 0 aliphatic carbocycles. The Hall–Kier alpha value is -2.17. The molecule has 1 fully saturated rings. The number of hydrazine groups is 1. The third-order valence-corrected chi connectivity index (χ3v) is 6.06. The number of nitrogens with one attached hydrogen (secondary N) is 3. The summed E-state index contributed by atoms with van der Waals surface area (Å²) in [6, 6.07) is 14.7. The molecule has 2 unspecified atom stereocenters. The zero-order chi connectivity index (χ0) is 20.2. The van der Waals surface area contributed by atoms with E-state index in [1.165, 1.54) is 11.8 Å². The number of amides is 1. The minimum atomic E-state index is -0.337. The molecule has 3 aromatic rings. The zero-order valence-corrected chi connectivity index (χ0v) is 17.4. The van der Waals surface area contributed by atoms with Gasteiger partial charge in [-0.2, -0.15) is 4.68 Å². The van der Waals surface area contributed by atoms with Gasteiger partial charge in [-0.05, 0) is 40.6 Å². The summed E-state index contributed by atoms with van der Waals surface area (Å²) < 4.78 is 1.59. The molecule has 1 aliphatic heterocycles. The Bertz CT molecular complexity index is 1000. The van der Waals surface area contributed by atoms with E-state index >= 15 is 0 Å². The van der Waals surface area contributed by atoms with Gasteiger partial charge in [0.15, 0.2) is 5.82 Å². The summed E-state index contributed by atoms with van der Waals surface area (Å²) in [5.41, 5.74) is 7.70. The standard InChI is InChI=1S/C18H17Cl2N7OS/c19-13-7-6-12(9-14(13)20)27-16(23-25-26-27)10-29-18-21-17(28)15(22-24-18)8-11-4-2-1-3-5-11/h1-7,9,15,18,22,24H,8,10H2,(H,21,28). The van der Waals surface area contributed by atoms with Crippen LogP contribution in [0.5, 0.6) is 0 Å². The third kappa shape index (κ3) is 4.88. The maximum atomic E-state index is 12.4. The molecule has 150 valence electrons. The van der Waals surface area contributed by atoms with Gasteiger partial charge in [-0.25, -0.2) is 10.9 Å². The lowest BCUT2D eigenvalue weighted by atomic mass is 10.1. The first-order valence-electron chi connectivity index (χ1n) is 8.80. The lowest BCUT2D eigenvalue weighted by molar-refractivity contribution is -0.125. The lowest BCUT2D eigenvalue weighted by Gasteiger charge is -2.31. The molecule has 4 rings (SSSR count). The van der Waals surface area contributed by atoms with Crippen LogP contribution in [0.1, 0.15) is 11.4 Å². The average Bonchev–Trinajstić information content (AvgIpc) is 3.20. The first-order chi connectivity index (χ1) is 14.1. The molecule has 0 bridgehead atoms. The molecule has 1 saturated heterocycles. The van der Waals surface area contributed by atoms with Gasteiger partial charge in [-0.3, -0.25) is 4.79 Å². The van der Waals surface area contributed by atoms with E-state index in [1.54, 1.807) is 22.9 Å². The van der Waals surface area contributed by atoms with Gasteiger partial charge in [0, 0.05) is 0 Å². The van der Waals surface area contributed by atoms with Crippen molar-refractivity contribution in [2.45, 2.75) is 23.7 Å². The molecule has 0 spiro atoms. The first kappa shape index (κ1) is 20.1. The smallest absolute Gasteiger partial charge is 0.240 e. The second-order valence-corrected chi connectivity index (χ2v) is 8.24. The molecule has 0 radical (unpaired) electrons. The van der Waals surface area contributed by atoms with E-state index in [0.29, 0.717) is 33.7 Å². The summed E-state index contributed by atoms with van der Waals surface area (Å²) in [6.07, 6.45) is 0.604. The Balaban J connectivity index is 1.34. The van der Waals surface area contributed by atoms with E-state index < -0.39 is 0 Å². The van der Waals surface area contributed by atoms with Crippen molar-refractivity contribution in [3.8, 4) is 5.69 Å². The van der Waals surface area contributed by atoms with Gasteiger partial charge in [-0.1, -0.05) is 53.5 Å². The second-order valence-electron chi connectivity index (χ2n) is 6.34. The molecule has 0 saturated carbocycles. The van der Waals surface area contributed by atoms with Crippen molar-refractivity contribution >= 4 is 40.9 Å². The fraction of sp³-hybridized carbons (Fsp3) is 0.222. The Morgan fingerprint density at radius 2 is 1.90 bits per heavy atom. The first-order valence-corrected chi connectivity index (χ1v) is 10.6. The quantitative estimate of drug-likeness (QED) is 0.531. The number of hydrogen-bond acceptors (Lipinski definition) is 7. The maximum absolute atomic E-state index is 12.4. The summed E-state index contributed by atoms with van der Waals surface area (Å²) in [7, 11) is 0. The Morgan fingerprint density at radius 3 is 2.66 bits per heavy atom. The lowest BCUT2D eigenvalue weighted by Crippen LogP contribution is -2.64. The van der Waals surface area contributed by atoms with Crippen molar-refractivity contribution in [2.75, 3.05) is 0 Å². The van der Waals surface area contributed by atoms with Crippen LogP contribution >= 0.6 is 35.0 Å². The molecule has 11 heteroatoms. The Kier molecular flexibility index (Phi) is 6.31. The topological polar surface area (TPSA) is 96.8 Å². The fourth-order valence-corrected chi connectivity index (χ4v) is 3.99. The Morgan fingerprint density at radius 1 is 1.07 bits per heavy atom. The molecule has 8 nitrogen and oxygen atoms in total. The van der Waals surface area contributed by atoms with E-state index in [-0.39, 0.29) is 17.4 Å². The SMILES string of the molecule is O=C1NC(SCc2nnnn2-c2ccc(Cl)c(Cl)c2)NNC1Cc1ccccc1. The highest BCUT2D eigenvalue weighted by Crippen LogP contribution is 2.25. The van der Waals surface area contributed by atoms with Crippen LogP contribution in [-0.2, 0) is 17.0 Å². The van der Waals surface area contributed by atoms with Gasteiger partial charge < -0.3 is 5.32 Å². The van der Waals surface area contributed by atoms with Crippen LogP contribution in [0, 0.1) is 0 Å². The van der Waals surface area contributed by atoms with Crippen molar-refractivity contribution in [2.24, 2.45) is 0 Å². The van der Waals surface area contributed by atoms with Crippen molar-refractivity contribution in [1.82, 2.24) is 36.4 Å². The van der Waals surface area contributed by atoms with Gasteiger partial charge in [0.05, 0.1) is 21.5 Å². The van der Waals surface area contributed by atoms with Crippen molar-refractivity contribution in [1.29, 1.82) is 0 Å². The van der Waals surface area contributed by atoms with Crippen LogP contribution in [0.3, 0.4) is 0 Å². The monoisotopic (exact) mass is 449 g/mol. The molecular formula is C18H17Cl2N7OS. The van der Waals surface area contributed by atoms with Gasteiger partial charge in [-0.15, -0.1) is 16.9 Å². The number of halogens is 2. The molecule has 2 atom stereocenters. The number of nitrogens with zero attached hydrogens (tertiary/aromatic N) is 4. The highest BCUT2D eigenvalue weighted by atomic mass is 35.5. The fourth-order valence-electron chi connectivity index (χ4n) is 2.86. The summed E-state index contributed by atoms with van der Waals surface area (Å²) in [6.45, 7) is 0. The molecule has 1 aliphatic rings. The number of aromatic nitrogens is 4.